The molecule has 70 valence electrons. The first kappa shape index (κ1) is 11.6. The SMILES string of the molecule is C=CC(=C/C=N)/C(C=C)=C\C(C)C. The van der Waals surface area contributed by atoms with E-state index in [9.17, 15) is 0 Å². The average molecular weight is 175 g/mol. The lowest BCUT2D eigenvalue weighted by Gasteiger charge is -2.04. The van der Waals surface area contributed by atoms with Crippen molar-refractivity contribution in [3.63, 3.8) is 0 Å². The summed E-state index contributed by atoms with van der Waals surface area (Å²) < 4.78 is 0. The van der Waals surface area contributed by atoms with Crippen molar-refractivity contribution in [2.24, 2.45) is 5.92 Å². The molecule has 0 aromatic rings. The molecule has 0 saturated heterocycles. The Morgan fingerprint density at radius 3 is 2.00 bits per heavy atom. The maximum Gasteiger partial charge on any atom is 0.0183 e. The average Bonchev–Trinajstić information content (AvgIpc) is 2.10. The second-order valence-corrected chi connectivity index (χ2v) is 3.06. The lowest BCUT2D eigenvalue weighted by atomic mass is 10.0. The van der Waals surface area contributed by atoms with Crippen molar-refractivity contribution in [2.45, 2.75) is 13.8 Å². The van der Waals surface area contributed by atoms with Crippen LogP contribution in [0.1, 0.15) is 13.8 Å². The maximum absolute atomic E-state index is 6.98. The van der Waals surface area contributed by atoms with Crippen molar-refractivity contribution in [1.29, 1.82) is 5.41 Å². The molecule has 0 rings (SSSR count). The van der Waals surface area contributed by atoms with E-state index in [-0.39, 0.29) is 0 Å². The molecule has 0 atom stereocenters. The molecule has 0 saturated carbocycles. The topological polar surface area (TPSA) is 23.9 Å². The first-order valence-corrected chi connectivity index (χ1v) is 4.33. The Labute approximate surface area is 80.7 Å². The molecule has 0 amide bonds. The molecule has 1 N–H and O–H groups in total. The smallest absolute Gasteiger partial charge is 0.0183 e. The van der Waals surface area contributed by atoms with Crippen molar-refractivity contribution in [2.75, 3.05) is 0 Å². The Balaban J connectivity index is 4.94. The fourth-order valence-electron chi connectivity index (χ4n) is 1.01. The minimum Gasteiger partial charge on any atom is -0.309 e. The molecule has 0 heterocycles. The molecule has 1 nitrogen and oxygen atoms in total. The normalized spacial score (nSPS) is 12.8. The molecule has 0 aromatic carbocycles. The van der Waals surface area contributed by atoms with Crippen LogP contribution in [-0.2, 0) is 0 Å². The van der Waals surface area contributed by atoms with Gasteiger partial charge in [0.15, 0.2) is 0 Å². The molecule has 0 fully saturated rings. The highest BCUT2D eigenvalue weighted by Crippen LogP contribution is 2.14. The molecular formula is C12H17N. The van der Waals surface area contributed by atoms with Gasteiger partial charge < -0.3 is 5.41 Å². The Kier molecular flexibility index (Phi) is 5.53. The summed E-state index contributed by atoms with van der Waals surface area (Å²) in [5, 5.41) is 6.98. The second kappa shape index (κ2) is 6.18. The fraction of sp³-hybridized carbons (Fsp3) is 0.250. The van der Waals surface area contributed by atoms with Gasteiger partial charge in [-0.05, 0) is 23.1 Å². The summed E-state index contributed by atoms with van der Waals surface area (Å²) in [6.45, 7) is 11.6. The quantitative estimate of drug-likeness (QED) is 0.488. The van der Waals surface area contributed by atoms with E-state index >= 15 is 0 Å². The van der Waals surface area contributed by atoms with E-state index in [1.165, 1.54) is 6.21 Å². The third-order valence-electron chi connectivity index (χ3n) is 1.55. The molecule has 0 spiro atoms. The zero-order valence-corrected chi connectivity index (χ0v) is 8.38. The van der Waals surface area contributed by atoms with Crippen molar-refractivity contribution in [3.05, 3.63) is 48.6 Å². The molecule has 0 bridgehead atoms. The number of rotatable bonds is 5. The highest BCUT2D eigenvalue weighted by Gasteiger charge is 1.97. The van der Waals surface area contributed by atoms with Crippen LogP contribution in [0.3, 0.4) is 0 Å². The molecular weight excluding hydrogens is 158 g/mol. The van der Waals surface area contributed by atoms with Gasteiger partial charge in [-0.25, -0.2) is 0 Å². The number of hydrogen-bond acceptors (Lipinski definition) is 1. The van der Waals surface area contributed by atoms with E-state index in [1.807, 2.05) is 0 Å². The second-order valence-electron chi connectivity index (χ2n) is 3.06. The standard InChI is InChI=1S/C12H17N/c1-5-11(7-8-13)12(6-2)9-10(3)4/h5-10,13H,1-2H2,3-4H3/b11-7-,12-9-,13-8?. The van der Waals surface area contributed by atoms with E-state index < -0.39 is 0 Å². The van der Waals surface area contributed by atoms with E-state index in [0.717, 1.165) is 11.1 Å². The van der Waals surface area contributed by atoms with Crippen LogP contribution >= 0.6 is 0 Å². The number of nitrogens with one attached hydrogen (secondary N) is 1. The van der Waals surface area contributed by atoms with Gasteiger partial charge in [0.2, 0.25) is 0 Å². The van der Waals surface area contributed by atoms with Gasteiger partial charge >= 0.3 is 0 Å². The van der Waals surface area contributed by atoms with Crippen LogP contribution in [0.4, 0.5) is 0 Å². The minimum atomic E-state index is 0.474. The molecule has 1 heteroatoms. The highest BCUT2D eigenvalue weighted by atomic mass is 14.3. The highest BCUT2D eigenvalue weighted by molar-refractivity contribution is 5.72. The van der Waals surface area contributed by atoms with Gasteiger partial charge in [-0.3, -0.25) is 0 Å². The number of hydrogen-bond donors (Lipinski definition) is 1. The summed E-state index contributed by atoms with van der Waals surface area (Å²) in [6.07, 6.45) is 8.60. The van der Waals surface area contributed by atoms with Crippen molar-refractivity contribution < 1.29 is 0 Å². The van der Waals surface area contributed by atoms with Crippen LogP contribution in [0.15, 0.2) is 48.6 Å². The molecule has 0 aromatic heterocycles. The summed E-state index contributed by atoms with van der Waals surface area (Å²) in [6, 6.07) is 0. The first-order chi connectivity index (χ1) is 6.15. The van der Waals surface area contributed by atoms with Crippen molar-refractivity contribution in [1.82, 2.24) is 0 Å². The van der Waals surface area contributed by atoms with Crippen LogP contribution in [0.25, 0.3) is 0 Å². The Bertz CT molecular complexity index is 254. The predicted octanol–water partition coefficient (Wildman–Crippen LogP) is 3.52. The van der Waals surface area contributed by atoms with Gasteiger partial charge in [-0.1, -0.05) is 45.2 Å². The van der Waals surface area contributed by atoms with Gasteiger partial charge in [-0.2, -0.15) is 0 Å². The Morgan fingerprint density at radius 1 is 1.15 bits per heavy atom. The van der Waals surface area contributed by atoms with Gasteiger partial charge in [0.25, 0.3) is 0 Å². The van der Waals surface area contributed by atoms with Crippen LogP contribution < -0.4 is 0 Å². The van der Waals surface area contributed by atoms with E-state index in [1.54, 1.807) is 18.2 Å². The molecule has 0 aliphatic carbocycles. The summed E-state index contributed by atoms with van der Waals surface area (Å²) >= 11 is 0. The van der Waals surface area contributed by atoms with Gasteiger partial charge in [0, 0.05) is 6.21 Å². The number of allylic oxidation sites excluding steroid dienone is 6. The summed E-state index contributed by atoms with van der Waals surface area (Å²) in [5.41, 5.74) is 1.98. The molecule has 13 heavy (non-hydrogen) atoms. The van der Waals surface area contributed by atoms with E-state index in [4.69, 9.17) is 5.41 Å². The van der Waals surface area contributed by atoms with Gasteiger partial charge in [0.05, 0.1) is 0 Å². The van der Waals surface area contributed by atoms with Crippen LogP contribution in [-0.4, -0.2) is 6.21 Å². The third-order valence-corrected chi connectivity index (χ3v) is 1.55. The minimum absolute atomic E-state index is 0.474. The predicted molar refractivity (Wildman–Crippen MR) is 60.2 cm³/mol. The molecule has 0 aliphatic rings. The van der Waals surface area contributed by atoms with E-state index in [2.05, 4.69) is 33.1 Å². The van der Waals surface area contributed by atoms with Crippen LogP contribution in [0, 0.1) is 11.3 Å². The zero-order valence-electron chi connectivity index (χ0n) is 8.38. The largest absolute Gasteiger partial charge is 0.309 e. The molecule has 0 aliphatic heterocycles. The molecule has 0 unspecified atom stereocenters. The zero-order chi connectivity index (χ0) is 10.3. The lowest BCUT2D eigenvalue weighted by molar-refractivity contribution is 0.827. The van der Waals surface area contributed by atoms with Crippen LogP contribution in [0.2, 0.25) is 0 Å². The lowest BCUT2D eigenvalue weighted by Crippen LogP contribution is -1.88. The Hall–Kier alpha value is -1.37. The first-order valence-electron chi connectivity index (χ1n) is 4.33. The van der Waals surface area contributed by atoms with Crippen molar-refractivity contribution >= 4 is 6.21 Å². The van der Waals surface area contributed by atoms with Gasteiger partial charge in [-0.15, -0.1) is 0 Å². The fourth-order valence-corrected chi connectivity index (χ4v) is 1.01. The monoisotopic (exact) mass is 175 g/mol. The van der Waals surface area contributed by atoms with Crippen molar-refractivity contribution in [3.8, 4) is 0 Å². The Morgan fingerprint density at radius 2 is 1.69 bits per heavy atom. The van der Waals surface area contributed by atoms with Gasteiger partial charge in [0.1, 0.15) is 0 Å². The summed E-state index contributed by atoms with van der Waals surface area (Å²) in [5.74, 6) is 0.474. The third kappa shape index (κ3) is 4.26. The summed E-state index contributed by atoms with van der Waals surface area (Å²) in [4.78, 5) is 0. The maximum atomic E-state index is 6.98. The van der Waals surface area contributed by atoms with E-state index in [0.29, 0.717) is 5.92 Å². The summed E-state index contributed by atoms with van der Waals surface area (Å²) in [7, 11) is 0. The van der Waals surface area contributed by atoms with Crippen LogP contribution in [0.5, 0.6) is 0 Å². The molecule has 0 radical (unpaired) electrons.